The number of ketones is 1. The van der Waals surface area contributed by atoms with Crippen LogP contribution in [0.5, 0.6) is 0 Å². The minimum Gasteiger partial charge on any atom is -0.422 e. The molecule has 5 rings (SSSR count). The number of Topliss-reactive ketones (excluding diaryl/α,β-unsaturated/α-hetero) is 1. The smallest absolute Gasteiger partial charge is 0.422 e. The number of rotatable bonds is 13. The lowest BCUT2D eigenvalue weighted by atomic mass is 10.1. The number of imidazole rings is 1. The van der Waals surface area contributed by atoms with Gasteiger partial charge in [-0.1, -0.05) is 6.08 Å². The Bertz CT molecular complexity index is 1820. The van der Waals surface area contributed by atoms with E-state index in [0.29, 0.717) is 0 Å². The van der Waals surface area contributed by atoms with E-state index in [1.165, 1.54) is 23.4 Å². The SMILES string of the molecule is CC(=O)C(=O)O[C@@]1(COP(=O)(O)OP(=O)(O)OC[C@H]2O[C@@H](N3C=CCC(C(N)=O)=C3)[C@H](O)[C@@H]2O)O[C@@H](n2cnc3c(N)ncnc32)[C@H](O)[C@@H]1O. The number of amides is 1. The summed E-state index contributed by atoms with van der Waals surface area (Å²) in [5, 5.41) is 42.6. The second kappa shape index (κ2) is 14.1. The van der Waals surface area contributed by atoms with E-state index < -0.39 is 95.3 Å². The van der Waals surface area contributed by atoms with E-state index in [2.05, 4.69) is 23.8 Å². The Morgan fingerprint density at radius 2 is 1.74 bits per heavy atom. The van der Waals surface area contributed by atoms with Crippen LogP contribution in [0.25, 0.3) is 11.2 Å². The van der Waals surface area contributed by atoms with Crippen molar-refractivity contribution >= 4 is 50.3 Å². The molecule has 2 aromatic heterocycles. The monoisotopic (exact) mass is 751 g/mol. The minimum atomic E-state index is -5.75. The summed E-state index contributed by atoms with van der Waals surface area (Å²) >= 11 is 0. The average molecular weight is 751 g/mol. The number of carbonyl (C=O) groups excluding carboxylic acids is 3. The van der Waals surface area contributed by atoms with Gasteiger partial charge in [0, 0.05) is 24.9 Å². The van der Waals surface area contributed by atoms with Crippen LogP contribution in [0.2, 0.25) is 0 Å². The molecule has 0 spiro atoms. The van der Waals surface area contributed by atoms with E-state index in [-0.39, 0.29) is 29.0 Å². The van der Waals surface area contributed by atoms with Gasteiger partial charge in [-0.3, -0.25) is 23.2 Å². The molecule has 0 aromatic carbocycles. The standard InChI is InChI=1S/C24H31N7O17P2/c1-10(32)23(38)47-24(17(36)16(35)22(46-24)31-9-29-13-18(25)27-8-28-20(13)31)7-44-50(41,42)48-49(39,40)43-6-12-14(33)15(34)21(45-12)30-4-2-3-11(5-30)19(26)37/h2,4-5,8-9,12,14-17,21-22,33-36H,3,6-7H2,1H3,(H2,26,37)(H,39,40)(H,41,42)(H2,25,27,28)/t12-,14-,15-,16-,17+,21-,22-,24-/m1/s1. The van der Waals surface area contributed by atoms with Gasteiger partial charge >= 0.3 is 21.6 Å². The molecule has 5 heterocycles. The van der Waals surface area contributed by atoms with Crippen molar-refractivity contribution in [3.8, 4) is 0 Å². The van der Waals surface area contributed by atoms with Crippen LogP contribution >= 0.6 is 15.6 Å². The van der Waals surface area contributed by atoms with E-state index in [1.54, 1.807) is 0 Å². The van der Waals surface area contributed by atoms with Gasteiger partial charge in [0.05, 0.1) is 12.9 Å². The summed E-state index contributed by atoms with van der Waals surface area (Å²) < 4.78 is 56.1. The second-order valence-electron chi connectivity index (χ2n) is 11.0. The van der Waals surface area contributed by atoms with Crippen LogP contribution in [0.1, 0.15) is 19.6 Å². The van der Waals surface area contributed by atoms with Crippen LogP contribution < -0.4 is 11.5 Å². The molecule has 0 saturated carbocycles. The molecule has 0 bridgehead atoms. The number of hydrogen-bond donors (Lipinski definition) is 8. The summed E-state index contributed by atoms with van der Waals surface area (Å²) in [7, 11) is -11.3. The van der Waals surface area contributed by atoms with Crippen molar-refractivity contribution in [1.29, 1.82) is 0 Å². The number of hydrogen-bond acceptors (Lipinski definition) is 20. The Kier molecular flexibility index (Phi) is 10.6. The number of allylic oxidation sites excluding steroid dienone is 1. The number of carbonyl (C=O) groups is 3. The van der Waals surface area contributed by atoms with Gasteiger partial charge in [0.1, 0.15) is 42.9 Å². The van der Waals surface area contributed by atoms with Crippen molar-refractivity contribution in [3.05, 3.63) is 36.7 Å². The summed E-state index contributed by atoms with van der Waals surface area (Å²) in [5.41, 5.74) is 11.2. The molecule has 3 aliphatic rings. The number of nitrogens with two attached hydrogens (primary N) is 2. The Morgan fingerprint density at radius 1 is 1.04 bits per heavy atom. The van der Waals surface area contributed by atoms with Gasteiger partial charge in [0.15, 0.2) is 30.0 Å². The molecule has 26 heteroatoms. The highest BCUT2D eigenvalue weighted by molar-refractivity contribution is 7.61. The van der Waals surface area contributed by atoms with Crippen LogP contribution in [-0.2, 0) is 51.1 Å². The van der Waals surface area contributed by atoms with Gasteiger partial charge in [-0.15, -0.1) is 0 Å². The molecule has 10 atom stereocenters. The van der Waals surface area contributed by atoms with Gasteiger partial charge in [0.25, 0.3) is 5.79 Å². The lowest BCUT2D eigenvalue weighted by Gasteiger charge is -2.31. The van der Waals surface area contributed by atoms with E-state index in [4.69, 9.17) is 30.2 Å². The second-order valence-corrected chi connectivity index (χ2v) is 14.0. The molecule has 50 heavy (non-hydrogen) atoms. The lowest BCUT2D eigenvalue weighted by Crippen LogP contribution is -2.51. The number of phosphoric ester groups is 2. The third kappa shape index (κ3) is 7.62. The molecular formula is C24H31N7O17P2. The fourth-order valence-corrected chi connectivity index (χ4v) is 7.13. The van der Waals surface area contributed by atoms with Crippen molar-refractivity contribution in [1.82, 2.24) is 24.4 Å². The van der Waals surface area contributed by atoms with Crippen molar-refractivity contribution in [2.75, 3.05) is 18.9 Å². The quantitative estimate of drug-likeness (QED) is 0.0566. The Labute approximate surface area is 279 Å². The molecule has 0 radical (unpaired) electrons. The van der Waals surface area contributed by atoms with Crippen LogP contribution in [0.4, 0.5) is 5.82 Å². The molecule has 2 aromatic rings. The van der Waals surface area contributed by atoms with Gasteiger partial charge in [-0.25, -0.2) is 28.9 Å². The number of esters is 1. The van der Waals surface area contributed by atoms with Crippen molar-refractivity contribution in [2.24, 2.45) is 5.73 Å². The van der Waals surface area contributed by atoms with Crippen LogP contribution in [0.3, 0.4) is 0 Å². The average Bonchev–Trinajstić information content (AvgIpc) is 3.68. The summed E-state index contributed by atoms with van der Waals surface area (Å²) in [4.78, 5) is 68.9. The van der Waals surface area contributed by atoms with E-state index in [0.717, 1.165) is 24.1 Å². The minimum absolute atomic E-state index is 0.0348. The summed E-state index contributed by atoms with van der Waals surface area (Å²) in [6, 6.07) is 0. The number of phosphoric acid groups is 2. The zero-order chi connectivity index (χ0) is 36.8. The van der Waals surface area contributed by atoms with E-state index in [1.807, 2.05) is 0 Å². The molecule has 274 valence electrons. The van der Waals surface area contributed by atoms with Crippen molar-refractivity contribution in [2.45, 2.75) is 62.1 Å². The first-order valence-electron chi connectivity index (χ1n) is 14.2. The third-order valence-corrected chi connectivity index (χ3v) is 10.1. The number of nitrogens with zero attached hydrogens (tertiary/aromatic N) is 5. The lowest BCUT2D eigenvalue weighted by molar-refractivity contribution is -0.265. The third-order valence-electron chi connectivity index (χ3n) is 7.51. The van der Waals surface area contributed by atoms with Crippen LogP contribution in [0.15, 0.2) is 36.7 Å². The Morgan fingerprint density at radius 3 is 2.42 bits per heavy atom. The summed E-state index contributed by atoms with van der Waals surface area (Å²) in [6.45, 7) is -1.73. The van der Waals surface area contributed by atoms with E-state index >= 15 is 0 Å². The molecular weight excluding hydrogens is 720 g/mol. The van der Waals surface area contributed by atoms with E-state index in [9.17, 15) is 53.7 Å². The number of ether oxygens (including phenoxy) is 3. The number of aromatic nitrogens is 4. The summed E-state index contributed by atoms with van der Waals surface area (Å²) in [5.74, 6) is -6.63. The summed E-state index contributed by atoms with van der Waals surface area (Å²) in [6.07, 6.45) is -5.75. The molecule has 10 N–H and O–H groups in total. The largest absolute Gasteiger partial charge is 0.481 e. The zero-order valence-corrected chi connectivity index (χ0v) is 27.3. The van der Waals surface area contributed by atoms with Gasteiger partial charge in [-0.05, 0) is 6.42 Å². The predicted octanol–water partition coefficient (Wildman–Crippen LogP) is -3.23. The maximum atomic E-state index is 12.8. The fourth-order valence-electron chi connectivity index (χ4n) is 5.03. The first-order chi connectivity index (χ1) is 23.3. The Hall–Kier alpha value is -3.74. The van der Waals surface area contributed by atoms with Crippen LogP contribution in [0, 0.1) is 0 Å². The Balaban J connectivity index is 1.26. The number of primary amides is 1. The predicted molar refractivity (Wildman–Crippen MR) is 158 cm³/mol. The first kappa shape index (κ1) is 37.5. The molecule has 3 aliphatic heterocycles. The van der Waals surface area contributed by atoms with Gasteiger partial charge in [-0.2, -0.15) is 4.31 Å². The molecule has 24 nitrogen and oxygen atoms in total. The van der Waals surface area contributed by atoms with Gasteiger partial charge in [0.2, 0.25) is 11.7 Å². The highest BCUT2D eigenvalue weighted by atomic mass is 31.3. The first-order valence-corrected chi connectivity index (χ1v) is 17.2. The van der Waals surface area contributed by atoms with Gasteiger partial charge < -0.3 is 60.8 Å². The number of aliphatic hydroxyl groups excluding tert-OH is 4. The molecule has 1 amide bonds. The maximum Gasteiger partial charge on any atom is 0.481 e. The highest BCUT2D eigenvalue weighted by Crippen LogP contribution is 2.61. The molecule has 0 aliphatic carbocycles. The number of nitrogen functional groups attached to an aromatic ring is 1. The normalized spacial score (nSPS) is 32.0. The molecule has 2 fully saturated rings. The molecule has 2 saturated heterocycles. The number of anilines is 1. The van der Waals surface area contributed by atoms with Crippen LogP contribution in [-0.4, -0.2) is 128 Å². The van der Waals surface area contributed by atoms with Crippen molar-refractivity contribution in [3.63, 3.8) is 0 Å². The maximum absolute atomic E-state index is 12.8. The number of aliphatic hydroxyl groups is 4. The molecule has 2 unspecified atom stereocenters. The highest BCUT2D eigenvalue weighted by Gasteiger charge is 2.60. The topological polar surface area (TPSA) is 361 Å². The number of fused-ring (bicyclic) bond motifs is 1. The zero-order valence-electron chi connectivity index (χ0n) is 25.5. The van der Waals surface area contributed by atoms with Crippen molar-refractivity contribution < 1.29 is 81.3 Å². The fraction of sp³-hybridized carbons (Fsp3) is 0.500.